The molecule has 1 aliphatic heterocycles. The van der Waals surface area contributed by atoms with Gasteiger partial charge in [0, 0.05) is 18.8 Å². The molecule has 1 aromatic heterocycles. The van der Waals surface area contributed by atoms with Crippen LogP contribution in [0.4, 0.5) is 17.3 Å². The zero-order valence-electron chi connectivity index (χ0n) is 14.4. The summed E-state index contributed by atoms with van der Waals surface area (Å²) in [5.41, 5.74) is 4.19. The van der Waals surface area contributed by atoms with E-state index < -0.39 is 0 Å². The maximum absolute atomic E-state index is 9.89. The molecular weight excluding hydrogens is 312 g/mol. The summed E-state index contributed by atoms with van der Waals surface area (Å²) in [4.78, 5) is 11.1. The number of allylic oxidation sites excluding steroid dienone is 1. The summed E-state index contributed by atoms with van der Waals surface area (Å²) < 4.78 is 0. The van der Waals surface area contributed by atoms with Gasteiger partial charge in [0.05, 0.1) is 17.1 Å². The molecule has 0 atom stereocenters. The Morgan fingerprint density at radius 1 is 1.40 bits per heavy atom. The number of aromatic nitrogens is 2. The van der Waals surface area contributed by atoms with Gasteiger partial charge < -0.3 is 15.5 Å². The van der Waals surface area contributed by atoms with Crippen LogP contribution >= 0.6 is 0 Å². The van der Waals surface area contributed by atoms with Gasteiger partial charge in [0.15, 0.2) is 0 Å². The minimum absolute atomic E-state index is 0.467. The van der Waals surface area contributed by atoms with E-state index in [1.807, 2.05) is 25.1 Å². The maximum Gasteiger partial charge on any atom is 0.223 e. The highest BCUT2D eigenvalue weighted by Crippen LogP contribution is 2.38. The lowest BCUT2D eigenvalue weighted by Crippen LogP contribution is -2.22. The molecule has 126 valence electrons. The summed E-state index contributed by atoms with van der Waals surface area (Å²) in [5, 5.41) is 16.6. The van der Waals surface area contributed by atoms with E-state index in [1.54, 1.807) is 6.20 Å². The monoisotopic (exact) mass is 332 g/mol. The highest BCUT2D eigenvalue weighted by molar-refractivity contribution is 5.91. The average molecular weight is 332 g/mol. The highest BCUT2D eigenvalue weighted by Gasteiger charge is 2.28. The van der Waals surface area contributed by atoms with Gasteiger partial charge in [-0.3, -0.25) is 0 Å². The Labute approximate surface area is 147 Å². The van der Waals surface area contributed by atoms with Crippen molar-refractivity contribution in [1.82, 2.24) is 9.97 Å². The van der Waals surface area contributed by atoms with E-state index in [9.17, 15) is 5.26 Å². The zero-order chi connectivity index (χ0) is 17.4. The summed E-state index contributed by atoms with van der Waals surface area (Å²) in [6.07, 6.45) is 4.09. The molecular formula is C19H20N6. The molecule has 1 aliphatic carbocycles. The van der Waals surface area contributed by atoms with E-state index >= 15 is 0 Å². The molecule has 1 saturated carbocycles. The van der Waals surface area contributed by atoms with Crippen molar-refractivity contribution >= 4 is 22.9 Å². The van der Waals surface area contributed by atoms with Crippen molar-refractivity contribution in [2.75, 3.05) is 22.1 Å². The standard InChI is InChI=1S/C19H20N6/c1-3-25-16-7-5-4-6-15(16)23-18(25)14(10-20)17-12(2)11-21-19(24-17)22-13-8-9-13/h4-7,11,13,23H,3,8-9H2,1-2H3,(H,21,22,24)/b18-14+. The molecule has 0 amide bonds. The Bertz CT molecular complexity index is 891. The van der Waals surface area contributed by atoms with Gasteiger partial charge in [-0.15, -0.1) is 0 Å². The van der Waals surface area contributed by atoms with Gasteiger partial charge in [-0.2, -0.15) is 5.26 Å². The van der Waals surface area contributed by atoms with Crippen LogP contribution in [0.5, 0.6) is 0 Å². The van der Waals surface area contributed by atoms with Gasteiger partial charge in [-0.1, -0.05) is 12.1 Å². The third kappa shape index (κ3) is 2.78. The summed E-state index contributed by atoms with van der Waals surface area (Å²) in [6, 6.07) is 10.9. The predicted molar refractivity (Wildman–Crippen MR) is 99.0 cm³/mol. The number of rotatable bonds is 4. The molecule has 2 aromatic rings. The van der Waals surface area contributed by atoms with Crippen LogP contribution in [0.1, 0.15) is 31.0 Å². The van der Waals surface area contributed by atoms with Crippen molar-refractivity contribution in [2.45, 2.75) is 32.7 Å². The zero-order valence-corrected chi connectivity index (χ0v) is 14.4. The second kappa shape index (κ2) is 6.10. The van der Waals surface area contributed by atoms with Gasteiger partial charge in [-0.25, -0.2) is 9.97 Å². The molecule has 0 spiro atoms. The number of para-hydroxylation sites is 2. The Balaban J connectivity index is 1.80. The summed E-state index contributed by atoms with van der Waals surface area (Å²) >= 11 is 0. The first-order valence-electron chi connectivity index (χ1n) is 8.59. The van der Waals surface area contributed by atoms with Crippen LogP contribution in [0.2, 0.25) is 0 Å². The van der Waals surface area contributed by atoms with E-state index in [4.69, 9.17) is 0 Å². The topological polar surface area (TPSA) is 76.9 Å². The quantitative estimate of drug-likeness (QED) is 0.835. The van der Waals surface area contributed by atoms with Gasteiger partial charge in [0.1, 0.15) is 17.5 Å². The van der Waals surface area contributed by atoms with Crippen molar-refractivity contribution in [3.8, 4) is 6.07 Å². The third-order valence-corrected chi connectivity index (χ3v) is 4.50. The van der Waals surface area contributed by atoms with Crippen molar-refractivity contribution in [3.05, 3.63) is 47.5 Å². The van der Waals surface area contributed by atoms with Crippen LogP contribution in [0.15, 0.2) is 36.3 Å². The molecule has 6 nitrogen and oxygen atoms in total. The fourth-order valence-corrected chi connectivity index (χ4v) is 3.05. The normalized spacial score (nSPS) is 17.6. The minimum Gasteiger partial charge on any atom is -0.351 e. The van der Waals surface area contributed by atoms with E-state index in [1.165, 1.54) is 0 Å². The molecule has 0 unspecified atom stereocenters. The van der Waals surface area contributed by atoms with Crippen LogP contribution in [-0.4, -0.2) is 22.6 Å². The Morgan fingerprint density at radius 3 is 2.92 bits per heavy atom. The molecule has 1 aromatic carbocycles. The molecule has 2 aliphatic rings. The van der Waals surface area contributed by atoms with E-state index in [-0.39, 0.29) is 0 Å². The largest absolute Gasteiger partial charge is 0.351 e. The smallest absolute Gasteiger partial charge is 0.223 e. The predicted octanol–water partition coefficient (Wildman–Crippen LogP) is 3.50. The molecule has 0 saturated heterocycles. The van der Waals surface area contributed by atoms with Crippen LogP contribution in [0, 0.1) is 18.3 Å². The number of fused-ring (bicyclic) bond motifs is 1. The first kappa shape index (κ1) is 15.5. The van der Waals surface area contributed by atoms with Crippen LogP contribution < -0.4 is 15.5 Å². The summed E-state index contributed by atoms with van der Waals surface area (Å²) in [6.45, 7) is 4.78. The lowest BCUT2D eigenvalue weighted by Gasteiger charge is -2.19. The SMILES string of the molecule is CCN1/C(=C(\C#N)c2nc(NC3CC3)ncc2C)Nc2ccccc21. The summed E-state index contributed by atoms with van der Waals surface area (Å²) in [5.74, 6) is 1.38. The number of nitriles is 1. The number of benzene rings is 1. The molecule has 0 radical (unpaired) electrons. The van der Waals surface area contributed by atoms with E-state index in [0.29, 0.717) is 23.3 Å². The Hall–Kier alpha value is -3.07. The molecule has 2 heterocycles. The Kier molecular flexibility index (Phi) is 3.77. The van der Waals surface area contributed by atoms with Crippen LogP contribution in [0.3, 0.4) is 0 Å². The first-order valence-corrected chi connectivity index (χ1v) is 8.59. The number of hydrogen-bond acceptors (Lipinski definition) is 6. The van der Waals surface area contributed by atoms with Crippen LogP contribution in [0.25, 0.3) is 5.57 Å². The van der Waals surface area contributed by atoms with Gasteiger partial charge in [0.25, 0.3) is 0 Å². The highest BCUT2D eigenvalue weighted by atomic mass is 15.3. The van der Waals surface area contributed by atoms with Crippen molar-refractivity contribution in [1.29, 1.82) is 5.26 Å². The van der Waals surface area contributed by atoms with Gasteiger partial charge in [-0.05, 0) is 44.4 Å². The lowest BCUT2D eigenvalue weighted by atomic mass is 10.1. The number of hydrogen-bond donors (Lipinski definition) is 2. The Morgan fingerprint density at radius 2 is 2.20 bits per heavy atom. The van der Waals surface area contributed by atoms with Crippen molar-refractivity contribution in [3.63, 3.8) is 0 Å². The van der Waals surface area contributed by atoms with E-state index in [2.05, 4.69) is 44.6 Å². The second-order valence-corrected chi connectivity index (χ2v) is 6.37. The second-order valence-electron chi connectivity index (χ2n) is 6.37. The minimum atomic E-state index is 0.467. The lowest BCUT2D eigenvalue weighted by molar-refractivity contribution is 0.986. The molecule has 4 rings (SSSR count). The molecule has 25 heavy (non-hydrogen) atoms. The maximum atomic E-state index is 9.89. The number of nitrogens with one attached hydrogen (secondary N) is 2. The van der Waals surface area contributed by atoms with Gasteiger partial charge >= 0.3 is 0 Å². The molecule has 2 N–H and O–H groups in total. The number of nitrogens with zero attached hydrogens (tertiary/aromatic N) is 4. The third-order valence-electron chi connectivity index (χ3n) is 4.50. The molecule has 0 bridgehead atoms. The summed E-state index contributed by atoms with van der Waals surface area (Å²) in [7, 11) is 0. The molecule has 1 fully saturated rings. The first-order chi connectivity index (χ1) is 12.2. The average Bonchev–Trinajstić information content (AvgIpc) is 3.36. The fraction of sp³-hybridized carbons (Fsp3) is 0.316. The van der Waals surface area contributed by atoms with E-state index in [0.717, 1.165) is 42.1 Å². The number of aryl methyl sites for hydroxylation is 1. The van der Waals surface area contributed by atoms with Crippen molar-refractivity contribution < 1.29 is 0 Å². The van der Waals surface area contributed by atoms with Crippen molar-refractivity contribution in [2.24, 2.45) is 0 Å². The van der Waals surface area contributed by atoms with Gasteiger partial charge in [0.2, 0.25) is 5.95 Å². The molecule has 6 heteroatoms. The number of anilines is 3. The van der Waals surface area contributed by atoms with Crippen LogP contribution in [-0.2, 0) is 0 Å². The fourth-order valence-electron chi connectivity index (χ4n) is 3.05.